The maximum absolute atomic E-state index is 12.1. The number of halogens is 2. The van der Waals surface area contributed by atoms with Crippen LogP contribution in [0.1, 0.15) is 0 Å². The highest BCUT2D eigenvalue weighted by molar-refractivity contribution is 8.00. The Morgan fingerprint density at radius 3 is 2.41 bits per heavy atom. The number of thioether (sulfide) groups is 1. The summed E-state index contributed by atoms with van der Waals surface area (Å²) in [4.78, 5) is 34.8. The van der Waals surface area contributed by atoms with Crippen molar-refractivity contribution in [1.82, 2.24) is 0 Å². The van der Waals surface area contributed by atoms with Crippen LogP contribution < -0.4 is 10.6 Å². The second-order valence-corrected chi connectivity index (χ2v) is 7.02. The van der Waals surface area contributed by atoms with Gasteiger partial charge in [-0.25, -0.2) is 4.79 Å². The van der Waals surface area contributed by atoms with Crippen LogP contribution in [0.5, 0.6) is 0 Å². The number of hydrogen-bond donors (Lipinski definition) is 3. The summed E-state index contributed by atoms with van der Waals surface area (Å²) in [6.45, 7) is 0. The molecule has 2 aromatic carbocycles. The molecule has 2 amide bonds. The van der Waals surface area contributed by atoms with Crippen molar-refractivity contribution < 1.29 is 19.5 Å². The Labute approximate surface area is 169 Å². The summed E-state index contributed by atoms with van der Waals surface area (Å²) < 4.78 is 0. The van der Waals surface area contributed by atoms with Gasteiger partial charge in [-0.2, -0.15) is 0 Å². The summed E-state index contributed by atoms with van der Waals surface area (Å²) in [7, 11) is 0. The molecule has 0 atom stereocenters. The average molecular weight is 425 g/mol. The summed E-state index contributed by atoms with van der Waals surface area (Å²) in [5.41, 5.74) is 1.03. The molecule has 9 heteroatoms. The first-order valence-corrected chi connectivity index (χ1v) is 9.27. The van der Waals surface area contributed by atoms with E-state index < -0.39 is 11.9 Å². The highest BCUT2D eigenvalue weighted by atomic mass is 35.5. The third kappa shape index (κ3) is 7.34. The zero-order valence-electron chi connectivity index (χ0n) is 13.7. The lowest BCUT2D eigenvalue weighted by Gasteiger charge is -2.08. The van der Waals surface area contributed by atoms with Gasteiger partial charge >= 0.3 is 5.97 Å². The number of benzene rings is 2. The number of aliphatic carboxylic acids is 1. The zero-order chi connectivity index (χ0) is 19.8. The first-order valence-electron chi connectivity index (χ1n) is 7.53. The highest BCUT2D eigenvalue weighted by Gasteiger charge is 2.07. The SMILES string of the molecule is O=C(O)/C=C/C(=O)Nc1cccc(SCC(=O)Nc2ccc(Cl)c(Cl)c2)c1. The Hall–Kier alpha value is -2.48. The molecular formula is C18H14Cl2N2O4S. The largest absolute Gasteiger partial charge is 0.478 e. The lowest BCUT2D eigenvalue weighted by molar-refractivity contribution is -0.131. The number of carbonyl (C=O) groups is 3. The minimum atomic E-state index is -1.21. The van der Waals surface area contributed by atoms with Crippen LogP contribution in [0, 0.1) is 0 Å². The molecule has 0 radical (unpaired) electrons. The Balaban J connectivity index is 1.90. The van der Waals surface area contributed by atoms with Crippen LogP contribution in [0.3, 0.4) is 0 Å². The maximum atomic E-state index is 12.1. The summed E-state index contributed by atoms with van der Waals surface area (Å²) in [5.74, 6) is -1.84. The van der Waals surface area contributed by atoms with Crippen LogP contribution in [0.2, 0.25) is 10.0 Å². The average Bonchev–Trinajstić information content (AvgIpc) is 2.62. The van der Waals surface area contributed by atoms with Gasteiger partial charge in [-0.05, 0) is 36.4 Å². The van der Waals surface area contributed by atoms with Crippen LogP contribution in [0.15, 0.2) is 59.5 Å². The van der Waals surface area contributed by atoms with E-state index in [4.69, 9.17) is 28.3 Å². The van der Waals surface area contributed by atoms with Crippen molar-refractivity contribution in [3.05, 3.63) is 64.7 Å². The fraction of sp³-hybridized carbons (Fsp3) is 0.0556. The molecule has 3 N–H and O–H groups in total. The van der Waals surface area contributed by atoms with Crippen LogP contribution >= 0.6 is 35.0 Å². The molecule has 0 unspecified atom stereocenters. The van der Waals surface area contributed by atoms with E-state index in [0.717, 1.165) is 17.0 Å². The molecule has 0 spiro atoms. The van der Waals surface area contributed by atoms with E-state index in [-0.39, 0.29) is 11.7 Å². The van der Waals surface area contributed by atoms with E-state index in [0.29, 0.717) is 21.4 Å². The Bertz CT molecular complexity index is 903. The lowest BCUT2D eigenvalue weighted by Crippen LogP contribution is -2.14. The summed E-state index contributed by atoms with van der Waals surface area (Å²) in [5, 5.41) is 14.5. The Morgan fingerprint density at radius 2 is 1.70 bits per heavy atom. The van der Waals surface area contributed by atoms with Crippen molar-refractivity contribution in [2.45, 2.75) is 4.90 Å². The Kier molecular flexibility index (Phi) is 7.72. The number of anilines is 2. The van der Waals surface area contributed by atoms with Gasteiger partial charge in [0.2, 0.25) is 11.8 Å². The van der Waals surface area contributed by atoms with Crippen molar-refractivity contribution in [3.63, 3.8) is 0 Å². The van der Waals surface area contributed by atoms with Crippen LogP contribution in [0.4, 0.5) is 11.4 Å². The molecule has 6 nitrogen and oxygen atoms in total. The van der Waals surface area contributed by atoms with E-state index in [1.165, 1.54) is 11.8 Å². The molecule has 0 aromatic heterocycles. The highest BCUT2D eigenvalue weighted by Crippen LogP contribution is 2.26. The van der Waals surface area contributed by atoms with E-state index in [2.05, 4.69) is 10.6 Å². The van der Waals surface area contributed by atoms with E-state index in [1.54, 1.807) is 42.5 Å². The molecule has 0 aliphatic rings. The van der Waals surface area contributed by atoms with Gasteiger partial charge in [-0.1, -0.05) is 29.3 Å². The predicted molar refractivity (Wildman–Crippen MR) is 108 cm³/mol. The van der Waals surface area contributed by atoms with Gasteiger partial charge in [0.25, 0.3) is 0 Å². The topological polar surface area (TPSA) is 95.5 Å². The molecule has 2 rings (SSSR count). The third-order valence-electron chi connectivity index (χ3n) is 3.05. The summed E-state index contributed by atoms with van der Waals surface area (Å²) in [6.07, 6.45) is 1.67. The Morgan fingerprint density at radius 1 is 0.963 bits per heavy atom. The smallest absolute Gasteiger partial charge is 0.328 e. The zero-order valence-corrected chi connectivity index (χ0v) is 16.1. The number of carbonyl (C=O) groups excluding carboxylic acids is 2. The number of amides is 2. The fourth-order valence-electron chi connectivity index (χ4n) is 1.91. The van der Waals surface area contributed by atoms with Gasteiger partial charge in [-0.3, -0.25) is 9.59 Å². The maximum Gasteiger partial charge on any atom is 0.328 e. The van der Waals surface area contributed by atoms with Gasteiger partial charge in [0, 0.05) is 28.4 Å². The van der Waals surface area contributed by atoms with Crippen molar-refractivity contribution in [2.24, 2.45) is 0 Å². The summed E-state index contributed by atoms with van der Waals surface area (Å²) in [6, 6.07) is 11.7. The van der Waals surface area contributed by atoms with Gasteiger partial charge in [-0.15, -0.1) is 11.8 Å². The molecule has 0 aliphatic heterocycles. The van der Waals surface area contributed by atoms with E-state index >= 15 is 0 Å². The third-order valence-corrected chi connectivity index (χ3v) is 4.78. The minimum absolute atomic E-state index is 0.149. The number of carboxylic acid groups (broad SMARTS) is 1. The van der Waals surface area contributed by atoms with Crippen LogP contribution in [-0.2, 0) is 14.4 Å². The van der Waals surface area contributed by atoms with E-state index in [1.807, 2.05) is 0 Å². The molecule has 0 fully saturated rings. The number of rotatable bonds is 7. The first kappa shape index (κ1) is 20.8. The number of hydrogen-bond acceptors (Lipinski definition) is 4. The van der Waals surface area contributed by atoms with Gasteiger partial charge in [0.05, 0.1) is 15.8 Å². The quantitative estimate of drug-likeness (QED) is 0.454. The molecule has 0 bridgehead atoms. The minimum Gasteiger partial charge on any atom is -0.478 e. The number of carboxylic acids is 1. The lowest BCUT2D eigenvalue weighted by atomic mass is 10.3. The van der Waals surface area contributed by atoms with Gasteiger partial charge < -0.3 is 15.7 Å². The van der Waals surface area contributed by atoms with Gasteiger partial charge in [0.15, 0.2) is 0 Å². The molecule has 140 valence electrons. The standard InChI is InChI=1S/C18H14Cl2N2O4S/c19-14-5-4-12(9-15(14)20)22-17(24)10-27-13-3-1-2-11(8-13)21-16(23)6-7-18(25)26/h1-9H,10H2,(H,21,23)(H,22,24)(H,25,26)/b7-6+. The van der Waals surface area contributed by atoms with Crippen LogP contribution in [0.25, 0.3) is 0 Å². The molecule has 27 heavy (non-hydrogen) atoms. The van der Waals surface area contributed by atoms with Gasteiger partial charge in [0.1, 0.15) is 0 Å². The number of nitrogens with one attached hydrogen (secondary N) is 2. The molecule has 0 heterocycles. The molecule has 2 aromatic rings. The molecule has 0 saturated carbocycles. The van der Waals surface area contributed by atoms with Crippen molar-refractivity contribution in [2.75, 3.05) is 16.4 Å². The molecular weight excluding hydrogens is 411 g/mol. The van der Waals surface area contributed by atoms with Crippen LogP contribution in [-0.4, -0.2) is 28.6 Å². The molecule has 0 saturated heterocycles. The monoisotopic (exact) mass is 424 g/mol. The van der Waals surface area contributed by atoms with Crippen molar-refractivity contribution in [3.8, 4) is 0 Å². The normalized spacial score (nSPS) is 10.6. The van der Waals surface area contributed by atoms with E-state index in [9.17, 15) is 14.4 Å². The van der Waals surface area contributed by atoms with Crippen molar-refractivity contribution in [1.29, 1.82) is 0 Å². The molecule has 0 aliphatic carbocycles. The predicted octanol–water partition coefficient (Wildman–Crippen LogP) is 4.30. The second kappa shape index (κ2) is 10.0. The fourth-order valence-corrected chi connectivity index (χ4v) is 2.97. The second-order valence-electron chi connectivity index (χ2n) is 5.15. The first-order chi connectivity index (χ1) is 12.8. The summed E-state index contributed by atoms with van der Waals surface area (Å²) >= 11 is 13.0. The van der Waals surface area contributed by atoms with Crippen molar-refractivity contribution >= 4 is 64.1 Å².